The van der Waals surface area contributed by atoms with E-state index in [2.05, 4.69) is 5.32 Å². The van der Waals surface area contributed by atoms with Gasteiger partial charge in [0.05, 0.1) is 0 Å². The van der Waals surface area contributed by atoms with E-state index < -0.39 is 11.5 Å². The van der Waals surface area contributed by atoms with E-state index in [0.717, 1.165) is 0 Å². The number of carbonyl (C=O) groups excluding carboxylic acids is 1. The summed E-state index contributed by atoms with van der Waals surface area (Å²) in [5.74, 6) is -1.21. The molecule has 0 radical (unpaired) electrons. The molecule has 1 aliphatic rings. The zero-order valence-electron chi connectivity index (χ0n) is 8.18. The zero-order valence-corrected chi connectivity index (χ0v) is 8.18. The molecule has 0 spiro atoms. The van der Waals surface area contributed by atoms with Gasteiger partial charge in [0.1, 0.15) is 5.54 Å². The molecule has 0 aromatic carbocycles. The third-order valence-corrected chi connectivity index (χ3v) is 2.39. The summed E-state index contributed by atoms with van der Waals surface area (Å²) in [5.41, 5.74) is -0.976. The van der Waals surface area contributed by atoms with Crippen molar-refractivity contribution >= 4 is 11.9 Å². The molecule has 0 aromatic rings. The van der Waals surface area contributed by atoms with E-state index in [1.165, 1.54) is 6.92 Å². The maximum Gasteiger partial charge on any atom is 0.329 e. The highest BCUT2D eigenvalue weighted by molar-refractivity contribution is 5.87. The lowest BCUT2D eigenvalue weighted by atomic mass is 9.59. The number of hydrogen-bond donors (Lipinski definition) is 2. The van der Waals surface area contributed by atoms with Crippen molar-refractivity contribution < 1.29 is 14.7 Å². The van der Waals surface area contributed by atoms with E-state index in [4.69, 9.17) is 5.11 Å². The maximum absolute atomic E-state index is 10.9. The van der Waals surface area contributed by atoms with Gasteiger partial charge in [-0.1, -0.05) is 13.8 Å². The van der Waals surface area contributed by atoms with Gasteiger partial charge in [-0.15, -0.1) is 0 Å². The highest BCUT2D eigenvalue weighted by atomic mass is 16.4. The molecule has 2 N–H and O–H groups in total. The maximum atomic E-state index is 10.9. The zero-order chi connectivity index (χ0) is 10.3. The smallest absolute Gasteiger partial charge is 0.329 e. The summed E-state index contributed by atoms with van der Waals surface area (Å²) >= 11 is 0. The second-order valence-corrected chi connectivity index (χ2v) is 4.59. The Morgan fingerprint density at radius 3 is 2.00 bits per heavy atom. The molecular weight excluding hydrogens is 170 g/mol. The van der Waals surface area contributed by atoms with Crippen molar-refractivity contribution in [1.29, 1.82) is 0 Å². The van der Waals surface area contributed by atoms with Crippen LogP contribution in [-0.2, 0) is 9.59 Å². The van der Waals surface area contributed by atoms with Crippen LogP contribution in [-0.4, -0.2) is 22.5 Å². The van der Waals surface area contributed by atoms with Gasteiger partial charge in [0.15, 0.2) is 0 Å². The van der Waals surface area contributed by atoms with E-state index in [1.807, 2.05) is 13.8 Å². The molecule has 0 aromatic heterocycles. The molecule has 0 bridgehead atoms. The van der Waals surface area contributed by atoms with Gasteiger partial charge in [0, 0.05) is 6.92 Å². The largest absolute Gasteiger partial charge is 0.480 e. The fourth-order valence-corrected chi connectivity index (χ4v) is 2.21. The SMILES string of the molecule is CC(=O)NC1(C(=O)O)CC(C)(C)C1. The monoisotopic (exact) mass is 185 g/mol. The van der Waals surface area contributed by atoms with Crippen molar-refractivity contribution in [3.05, 3.63) is 0 Å². The van der Waals surface area contributed by atoms with Gasteiger partial charge < -0.3 is 10.4 Å². The van der Waals surface area contributed by atoms with E-state index in [0.29, 0.717) is 12.8 Å². The Morgan fingerprint density at radius 1 is 1.31 bits per heavy atom. The minimum Gasteiger partial charge on any atom is -0.480 e. The molecule has 1 rings (SSSR count). The summed E-state index contributed by atoms with van der Waals surface area (Å²) in [4.78, 5) is 21.7. The van der Waals surface area contributed by atoms with Crippen LogP contribution >= 0.6 is 0 Å². The van der Waals surface area contributed by atoms with Crippen molar-refractivity contribution in [3.63, 3.8) is 0 Å². The topological polar surface area (TPSA) is 66.4 Å². The summed E-state index contributed by atoms with van der Waals surface area (Å²) in [6.07, 6.45) is 1.02. The number of carboxylic acid groups (broad SMARTS) is 1. The molecule has 1 aliphatic carbocycles. The van der Waals surface area contributed by atoms with Crippen molar-refractivity contribution in [2.24, 2.45) is 5.41 Å². The van der Waals surface area contributed by atoms with Gasteiger partial charge in [-0.3, -0.25) is 4.79 Å². The Balaban J connectivity index is 2.71. The summed E-state index contributed by atoms with van der Waals surface area (Å²) in [7, 11) is 0. The van der Waals surface area contributed by atoms with E-state index in [9.17, 15) is 9.59 Å². The fourth-order valence-electron chi connectivity index (χ4n) is 2.21. The molecule has 1 saturated carbocycles. The van der Waals surface area contributed by atoms with Crippen LogP contribution in [0.2, 0.25) is 0 Å². The Bertz CT molecular complexity index is 250. The van der Waals surface area contributed by atoms with E-state index in [-0.39, 0.29) is 11.3 Å². The average molecular weight is 185 g/mol. The summed E-state index contributed by atoms with van der Waals surface area (Å²) < 4.78 is 0. The van der Waals surface area contributed by atoms with Crippen LogP contribution < -0.4 is 5.32 Å². The first-order chi connectivity index (χ1) is 5.77. The lowest BCUT2D eigenvalue weighted by molar-refractivity contribution is -0.157. The van der Waals surface area contributed by atoms with Crippen LogP contribution in [0.5, 0.6) is 0 Å². The Kier molecular flexibility index (Phi) is 2.10. The lowest BCUT2D eigenvalue weighted by Crippen LogP contribution is -2.64. The van der Waals surface area contributed by atoms with Crippen LogP contribution in [0.4, 0.5) is 0 Å². The first-order valence-corrected chi connectivity index (χ1v) is 4.30. The molecule has 1 amide bonds. The Labute approximate surface area is 77.3 Å². The van der Waals surface area contributed by atoms with Gasteiger partial charge in [0.2, 0.25) is 5.91 Å². The number of hydrogen-bond acceptors (Lipinski definition) is 2. The molecule has 13 heavy (non-hydrogen) atoms. The molecule has 4 heteroatoms. The quantitative estimate of drug-likeness (QED) is 0.667. The predicted molar refractivity (Wildman–Crippen MR) is 47.2 cm³/mol. The van der Waals surface area contributed by atoms with Gasteiger partial charge in [-0.2, -0.15) is 0 Å². The Hall–Kier alpha value is -1.06. The number of carboxylic acids is 1. The normalized spacial score (nSPS) is 23.0. The molecule has 0 saturated heterocycles. The Morgan fingerprint density at radius 2 is 1.77 bits per heavy atom. The third-order valence-electron chi connectivity index (χ3n) is 2.39. The summed E-state index contributed by atoms with van der Waals surface area (Å²) in [6, 6.07) is 0. The third kappa shape index (κ3) is 1.82. The van der Waals surface area contributed by atoms with Gasteiger partial charge in [-0.25, -0.2) is 4.79 Å². The molecule has 1 fully saturated rings. The van der Waals surface area contributed by atoms with Crippen molar-refractivity contribution in [1.82, 2.24) is 5.32 Å². The van der Waals surface area contributed by atoms with E-state index in [1.54, 1.807) is 0 Å². The van der Waals surface area contributed by atoms with Crippen LogP contribution in [0.1, 0.15) is 33.6 Å². The van der Waals surface area contributed by atoms with Crippen molar-refractivity contribution in [2.45, 2.75) is 39.2 Å². The second-order valence-electron chi connectivity index (χ2n) is 4.59. The van der Waals surface area contributed by atoms with Gasteiger partial charge in [0.25, 0.3) is 0 Å². The first kappa shape index (κ1) is 10.0. The first-order valence-electron chi connectivity index (χ1n) is 4.30. The molecule has 0 unspecified atom stereocenters. The predicted octanol–water partition coefficient (Wildman–Crippen LogP) is 0.766. The average Bonchev–Trinajstić information content (AvgIpc) is 1.80. The van der Waals surface area contributed by atoms with Crippen LogP contribution in [0, 0.1) is 5.41 Å². The van der Waals surface area contributed by atoms with Crippen LogP contribution in [0.25, 0.3) is 0 Å². The molecular formula is C9H15NO3. The summed E-state index contributed by atoms with van der Waals surface area (Å²) in [5, 5.41) is 11.5. The van der Waals surface area contributed by atoms with Gasteiger partial charge in [-0.05, 0) is 18.3 Å². The number of carbonyl (C=O) groups is 2. The second kappa shape index (κ2) is 2.72. The van der Waals surface area contributed by atoms with Crippen LogP contribution in [0.15, 0.2) is 0 Å². The minimum absolute atomic E-state index is 0.0286. The fraction of sp³-hybridized carbons (Fsp3) is 0.778. The lowest BCUT2D eigenvalue weighted by Gasteiger charge is -2.50. The number of aliphatic carboxylic acids is 1. The van der Waals surface area contributed by atoms with E-state index >= 15 is 0 Å². The standard InChI is InChI=1S/C9H15NO3/c1-6(11)10-9(7(12)13)4-8(2,3)5-9/h4-5H2,1-3H3,(H,10,11)(H,12,13). The number of amides is 1. The molecule has 74 valence electrons. The highest BCUT2D eigenvalue weighted by Gasteiger charge is 2.55. The molecule has 0 aliphatic heterocycles. The number of rotatable bonds is 2. The molecule has 0 heterocycles. The van der Waals surface area contributed by atoms with Crippen molar-refractivity contribution in [3.8, 4) is 0 Å². The van der Waals surface area contributed by atoms with Crippen LogP contribution in [0.3, 0.4) is 0 Å². The number of nitrogens with one attached hydrogen (secondary N) is 1. The highest BCUT2D eigenvalue weighted by Crippen LogP contribution is 2.47. The summed E-state index contributed by atoms with van der Waals surface area (Å²) in [6.45, 7) is 5.34. The molecule has 4 nitrogen and oxygen atoms in total. The minimum atomic E-state index is -1.00. The van der Waals surface area contributed by atoms with Gasteiger partial charge >= 0.3 is 5.97 Å². The molecule has 0 atom stereocenters. The van der Waals surface area contributed by atoms with Crippen molar-refractivity contribution in [2.75, 3.05) is 0 Å².